The van der Waals surface area contributed by atoms with Gasteiger partial charge in [-0.3, -0.25) is 0 Å². The van der Waals surface area contributed by atoms with E-state index in [0.717, 1.165) is 0 Å². The van der Waals surface area contributed by atoms with Gasteiger partial charge in [0.2, 0.25) is 0 Å². The third-order valence-corrected chi connectivity index (χ3v) is 7.26. The molecule has 0 spiro atoms. The summed E-state index contributed by atoms with van der Waals surface area (Å²) in [5.41, 5.74) is 1.81. The first-order chi connectivity index (χ1) is 8.57. The summed E-state index contributed by atoms with van der Waals surface area (Å²) < 4.78 is 0. The Hall–Kier alpha value is 0. The minimum absolute atomic E-state index is 0.589. The standard InChI is InChI=1S/C18H36/c1-7-16(8-2)14-13-15-17(9-3,10-4)18(16,11-5)12-6/h7-15H2,1-6H3. The van der Waals surface area contributed by atoms with Crippen molar-refractivity contribution in [3.8, 4) is 0 Å². The molecule has 0 nitrogen and oxygen atoms in total. The largest absolute Gasteiger partial charge is 0.0648 e. The van der Waals surface area contributed by atoms with Gasteiger partial charge in [-0.2, -0.15) is 0 Å². The summed E-state index contributed by atoms with van der Waals surface area (Å²) in [6, 6.07) is 0. The summed E-state index contributed by atoms with van der Waals surface area (Å²) in [6.07, 6.45) is 12.7. The molecule has 0 atom stereocenters. The second-order valence-corrected chi connectivity index (χ2v) is 6.62. The van der Waals surface area contributed by atoms with Crippen LogP contribution < -0.4 is 0 Å². The molecule has 0 N–H and O–H groups in total. The van der Waals surface area contributed by atoms with Crippen molar-refractivity contribution in [2.45, 2.75) is 99.3 Å². The van der Waals surface area contributed by atoms with Gasteiger partial charge < -0.3 is 0 Å². The number of hydrogen-bond acceptors (Lipinski definition) is 0. The first kappa shape index (κ1) is 16.1. The van der Waals surface area contributed by atoms with E-state index in [0.29, 0.717) is 16.2 Å². The highest BCUT2D eigenvalue weighted by molar-refractivity contribution is 5.08. The fourth-order valence-electron chi connectivity index (χ4n) is 6.12. The number of rotatable bonds is 6. The van der Waals surface area contributed by atoms with Crippen LogP contribution in [-0.4, -0.2) is 0 Å². The van der Waals surface area contributed by atoms with Crippen molar-refractivity contribution in [3.05, 3.63) is 0 Å². The maximum absolute atomic E-state index is 2.47. The lowest BCUT2D eigenvalue weighted by Crippen LogP contribution is -2.55. The van der Waals surface area contributed by atoms with Gasteiger partial charge in [0.25, 0.3) is 0 Å². The molecule has 0 radical (unpaired) electrons. The minimum Gasteiger partial charge on any atom is -0.0648 e. The lowest BCUT2D eigenvalue weighted by Gasteiger charge is -2.64. The summed E-state index contributed by atoms with van der Waals surface area (Å²) in [4.78, 5) is 0. The molecular weight excluding hydrogens is 216 g/mol. The lowest BCUT2D eigenvalue weighted by atomic mass is 9.40. The van der Waals surface area contributed by atoms with Gasteiger partial charge in [-0.25, -0.2) is 0 Å². The molecule has 0 aromatic heterocycles. The van der Waals surface area contributed by atoms with E-state index in [1.165, 1.54) is 57.8 Å². The first-order valence-electron chi connectivity index (χ1n) is 8.57. The van der Waals surface area contributed by atoms with E-state index in [1.807, 2.05) is 0 Å². The molecule has 1 saturated carbocycles. The SMILES string of the molecule is CCC1(CC)CCCC(CC)(CC)C1(CC)CC. The highest BCUT2D eigenvalue weighted by atomic mass is 14.6. The highest BCUT2D eigenvalue weighted by Crippen LogP contribution is 2.68. The van der Waals surface area contributed by atoms with Crippen molar-refractivity contribution in [1.82, 2.24) is 0 Å². The molecule has 1 aliphatic rings. The topological polar surface area (TPSA) is 0 Å². The van der Waals surface area contributed by atoms with E-state index in [1.54, 1.807) is 0 Å². The van der Waals surface area contributed by atoms with E-state index in [2.05, 4.69) is 41.5 Å². The fraction of sp³-hybridized carbons (Fsp3) is 1.00. The molecule has 1 aliphatic carbocycles. The van der Waals surface area contributed by atoms with Crippen LogP contribution >= 0.6 is 0 Å². The second kappa shape index (κ2) is 5.97. The average Bonchev–Trinajstić information content (AvgIpc) is 2.45. The van der Waals surface area contributed by atoms with Crippen LogP contribution in [0.4, 0.5) is 0 Å². The zero-order valence-corrected chi connectivity index (χ0v) is 13.9. The molecule has 0 aromatic rings. The molecule has 0 aliphatic heterocycles. The van der Waals surface area contributed by atoms with Crippen LogP contribution in [0, 0.1) is 16.2 Å². The van der Waals surface area contributed by atoms with Crippen LogP contribution in [0.15, 0.2) is 0 Å². The quantitative estimate of drug-likeness (QED) is 0.500. The van der Waals surface area contributed by atoms with Crippen LogP contribution in [0.5, 0.6) is 0 Å². The zero-order chi connectivity index (χ0) is 13.9. The van der Waals surface area contributed by atoms with Crippen molar-refractivity contribution in [1.29, 1.82) is 0 Å². The fourth-order valence-corrected chi connectivity index (χ4v) is 6.12. The van der Waals surface area contributed by atoms with Crippen molar-refractivity contribution in [2.24, 2.45) is 16.2 Å². The normalized spacial score (nSPS) is 25.0. The van der Waals surface area contributed by atoms with E-state index >= 15 is 0 Å². The molecule has 1 rings (SSSR count). The average molecular weight is 252 g/mol. The summed E-state index contributed by atoms with van der Waals surface area (Å²) in [5.74, 6) is 0. The van der Waals surface area contributed by atoms with Crippen molar-refractivity contribution in [2.75, 3.05) is 0 Å². The maximum atomic E-state index is 2.47. The molecule has 0 saturated heterocycles. The Bertz CT molecular complexity index is 217. The van der Waals surface area contributed by atoms with Gasteiger partial charge in [0.05, 0.1) is 0 Å². The van der Waals surface area contributed by atoms with Crippen LogP contribution in [0.1, 0.15) is 99.3 Å². The molecule has 108 valence electrons. The van der Waals surface area contributed by atoms with Crippen molar-refractivity contribution in [3.63, 3.8) is 0 Å². The summed E-state index contributed by atoms with van der Waals surface area (Å²) >= 11 is 0. The molecule has 0 heteroatoms. The molecule has 18 heavy (non-hydrogen) atoms. The van der Waals surface area contributed by atoms with Gasteiger partial charge in [0.15, 0.2) is 0 Å². The van der Waals surface area contributed by atoms with Gasteiger partial charge in [-0.1, -0.05) is 48.0 Å². The van der Waals surface area contributed by atoms with Crippen LogP contribution in [0.25, 0.3) is 0 Å². The van der Waals surface area contributed by atoms with Crippen LogP contribution in [0.2, 0.25) is 0 Å². The lowest BCUT2D eigenvalue weighted by molar-refractivity contribution is -0.147. The minimum atomic E-state index is 0.589. The summed E-state index contributed by atoms with van der Waals surface area (Å²) in [6.45, 7) is 14.7. The Balaban J connectivity index is 3.37. The van der Waals surface area contributed by atoms with Crippen LogP contribution in [-0.2, 0) is 0 Å². The van der Waals surface area contributed by atoms with Crippen molar-refractivity contribution < 1.29 is 0 Å². The van der Waals surface area contributed by atoms with E-state index in [4.69, 9.17) is 0 Å². The zero-order valence-electron chi connectivity index (χ0n) is 13.9. The Morgan fingerprint density at radius 3 is 1.11 bits per heavy atom. The van der Waals surface area contributed by atoms with Gasteiger partial charge in [0.1, 0.15) is 0 Å². The van der Waals surface area contributed by atoms with Crippen molar-refractivity contribution >= 4 is 0 Å². The van der Waals surface area contributed by atoms with E-state index in [9.17, 15) is 0 Å². The third kappa shape index (κ3) is 1.86. The Labute approximate surface area is 116 Å². The molecule has 0 amide bonds. The molecule has 0 heterocycles. The molecular formula is C18H36. The number of hydrogen-bond donors (Lipinski definition) is 0. The molecule has 0 bridgehead atoms. The monoisotopic (exact) mass is 252 g/mol. The first-order valence-corrected chi connectivity index (χ1v) is 8.57. The molecule has 0 aromatic carbocycles. The highest BCUT2D eigenvalue weighted by Gasteiger charge is 2.59. The van der Waals surface area contributed by atoms with E-state index in [-0.39, 0.29) is 0 Å². The molecule has 0 unspecified atom stereocenters. The summed E-state index contributed by atoms with van der Waals surface area (Å²) in [5, 5.41) is 0. The molecule has 1 fully saturated rings. The second-order valence-electron chi connectivity index (χ2n) is 6.62. The van der Waals surface area contributed by atoms with Crippen LogP contribution in [0.3, 0.4) is 0 Å². The predicted octanol–water partition coefficient (Wildman–Crippen LogP) is 6.59. The third-order valence-electron chi connectivity index (χ3n) is 7.26. The Morgan fingerprint density at radius 2 is 0.889 bits per heavy atom. The smallest absolute Gasteiger partial charge is 0.0190 e. The Kier molecular flexibility index (Phi) is 5.32. The van der Waals surface area contributed by atoms with Gasteiger partial charge in [-0.05, 0) is 67.6 Å². The summed E-state index contributed by atoms with van der Waals surface area (Å²) in [7, 11) is 0. The predicted molar refractivity (Wildman–Crippen MR) is 82.9 cm³/mol. The maximum Gasteiger partial charge on any atom is -0.0190 e. The van der Waals surface area contributed by atoms with Gasteiger partial charge in [0, 0.05) is 0 Å². The van der Waals surface area contributed by atoms with E-state index < -0.39 is 0 Å². The Morgan fingerprint density at radius 1 is 0.556 bits per heavy atom. The van der Waals surface area contributed by atoms with Gasteiger partial charge >= 0.3 is 0 Å². The van der Waals surface area contributed by atoms with Gasteiger partial charge in [-0.15, -0.1) is 0 Å².